The molecular formula is C36H37NO7S. The molecule has 5 rings (SSSR count). The number of aliphatic hydroxyl groups is 1. The fourth-order valence-corrected chi connectivity index (χ4v) is 6.23. The van der Waals surface area contributed by atoms with E-state index in [0.717, 1.165) is 44.0 Å². The summed E-state index contributed by atoms with van der Waals surface area (Å²) in [5.74, 6) is 0.253. The van der Waals surface area contributed by atoms with Gasteiger partial charge in [-0.1, -0.05) is 72.8 Å². The number of carboxylic acid groups (broad SMARTS) is 1. The van der Waals surface area contributed by atoms with E-state index in [-0.39, 0.29) is 37.6 Å². The number of carbonyl (C=O) groups is 2. The van der Waals surface area contributed by atoms with Crippen LogP contribution in [0.1, 0.15) is 53.9 Å². The summed E-state index contributed by atoms with van der Waals surface area (Å²) in [5.41, 5.74) is 5.63. The number of amides is 1. The van der Waals surface area contributed by atoms with Gasteiger partial charge in [-0.25, -0.2) is 0 Å². The average Bonchev–Trinajstić information content (AvgIpc) is 3.09. The summed E-state index contributed by atoms with van der Waals surface area (Å²) in [7, 11) is 1.67. The van der Waals surface area contributed by atoms with Crippen LogP contribution in [-0.4, -0.2) is 41.1 Å². The van der Waals surface area contributed by atoms with Crippen LogP contribution in [0.4, 0.5) is 0 Å². The summed E-state index contributed by atoms with van der Waals surface area (Å²) in [6.45, 7) is 0.296. The third-order valence-electron chi connectivity index (χ3n) is 7.58. The molecule has 4 aromatic rings. The van der Waals surface area contributed by atoms with E-state index in [1.807, 2.05) is 91.0 Å². The molecule has 1 saturated heterocycles. The normalized spacial score (nSPS) is 17.9. The topological polar surface area (TPSA) is 114 Å². The van der Waals surface area contributed by atoms with E-state index >= 15 is 0 Å². The summed E-state index contributed by atoms with van der Waals surface area (Å²) >= 11 is 1.69. The second-order valence-corrected chi connectivity index (χ2v) is 11.9. The predicted molar refractivity (Wildman–Crippen MR) is 173 cm³/mol. The zero-order valence-electron chi connectivity index (χ0n) is 25.1. The maximum absolute atomic E-state index is 12.0. The molecule has 1 aliphatic rings. The fourth-order valence-electron chi connectivity index (χ4n) is 5.18. The Morgan fingerprint density at radius 1 is 0.867 bits per heavy atom. The molecule has 45 heavy (non-hydrogen) atoms. The number of hydrogen-bond acceptors (Lipinski definition) is 7. The predicted octanol–water partition coefficient (Wildman–Crippen LogP) is 6.67. The summed E-state index contributed by atoms with van der Waals surface area (Å²) in [4.78, 5) is 23.8. The molecule has 9 heteroatoms. The van der Waals surface area contributed by atoms with Crippen LogP contribution in [0, 0.1) is 0 Å². The van der Waals surface area contributed by atoms with Crippen molar-refractivity contribution >= 4 is 23.6 Å². The number of benzene rings is 4. The first-order valence-corrected chi connectivity index (χ1v) is 15.8. The molecule has 3 N–H and O–H groups in total. The lowest BCUT2D eigenvalue weighted by atomic mass is 9.99. The van der Waals surface area contributed by atoms with Crippen molar-refractivity contribution in [1.82, 2.24) is 5.32 Å². The molecule has 0 bridgehead atoms. The SMILES string of the molecule is COc1ccccc1SCC1CC(c2ccc(CO)cc2)OC(c2cccc(-c3cccc(CNC(=O)CCC(=O)O)c3)c2)O1. The van der Waals surface area contributed by atoms with Crippen molar-refractivity contribution in [3.05, 3.63) is 119 Å². The number of methoxy groups -OCH3 is 1. The van der Waals surface area contributed by atoms with Gasteiger partial charge in [0.05, 0.1) is 32.3 Å². The van der Waals surface area contributed by atoms with Crippen molar-refractivity contribution in [1.29, 1.82) is 0 Å². The first kappa shape index (κ1) is 32.2. The highest BCUT2D eigenvalue weighted by molar-refractivity contribution is 7.99. The van der Waals surface area contributed by atoms with Gasteiger partial charge in [0, 0.05) is 35.6 Å². The van der Waals surface area contributed by atoms with Crippen molar-refractivity contribution in [3.63, 3.8) is 0 Å². The maximum atomic E-state index is 12.0. The van der Waals surface area contributed by atoms with Crippen LogP contribution in [0.3, 0.4) is 0 Å². The molecule has 0 spiro atoms. The van der Waals surface area contributed by atoms with Crippen molar-refractivity contribution in [2.45, 2.75) is 55.8 Å². The Balaban J connectivity index is 1.34. The quantitative estimate of drug-likeness (QED) is 0.141. The maximum Gasteiger partial charge on any atom is 0.303 e. The zero-order chi connectivity index (χ0) is 31.6. The number of hydrogen-bond donors (Lipinski definition) is 3. The molecule has 0 aromatic heterocycles. The van der Waals surface area contributed by atoms with Gasteiger partial charge in [-0.3, -0.25) is 9.59 Å². The summed E-state index contributed by atoms with van der Waals surface area (Å²) in [6.07, 6.45) is -0.463. The number of para-hydroxylation sites is 1. The minimum absolute atomic E-state index is 0.0131. The molecule has 4 aromatic carbocycles. The molecule has 3 unspecified atom stereocenters. The van der Waals surface area contributed by atoms with Crippen LogP contribution in [0.15, 0.2) is 102 Å². The van der Waals surface area contributed by atoms with Gasteiger partial charge >= 0.3 is 5.97 Å². The molecule has 0 aliphatic carbocycles. The number of aliphatic hydroxyl groups excluding tert-OH is 1. The van der Waals surface area contributed by atoms with E-state index in [2.05, 4.69) is 11.4 Å². The molecule has 0 saturated carbocycles. The Morgan fingerprint density at radius 3 is 2.38 bits per heavy atom. The van der Waals surface area contributed by atoms with Gasteiger partial charge in [0.1, 0.15) is 5.75 Å². The van der Waals surface area contributed by atoms with Crippen LogP contribution in [0.25, 0.3) is 11.1 Å². The van der Waals surface area contributed by atoms with E-state index in [4.69, 9.17) is 19.3 Å². The van der Waals surface area contributed by atoms with Crippen LogP contribution in [0.5, 0.6) is 5.75 Å². The molecule has 1 heterocycles. The Kier molecular flexibility index (Phi) is 11.3. The van der Waals surface area contributed by atoms with Gasteiger partial charge < -0.3 is 29.7 Å². The lowest BCUT2D eigenvalue weighted by Gasteiger charge is -2.36. The van der Waals surface area contributed by atoms with E-state index in [1.165, 1.54) is 0 Å². The molecule has 1 aliphatic heterocycles. The Labute approximate surface area is 267 Å². The number of nitrogens with one attached hydrogen (secondary N) is 1. The van der Waals surface area contributed by atoms with Crippen molar-refractivity contribution in [2.24, 2.45) is 0 Å². The van der Waals surface area contributed by atoms with Gasteiger partial charge in [-0.05, 0) is 52.1 Å². The highest BCUT2D eigenvalue weighted by atomic mass is 32.2. The van der Waals surface area contributed by atoms with Crippen molar-refractivity contribution in [3.8, 4) is 16.9 Å². The van der Waals surface area contributed by atoms with E-state index in [0.29, 0.717) is 18.7 Å². The van der Waals surface area contributed by atoms with Crippen LogP contribution in [-0.2, 0) is 32.2 Å². The third kappa shape index (κ3) is 8.95. The van der Waals surface area contributed by atoms with E-state index in [9.17, 15) is 14.7 Å². The molecule has 8 nitrogen and oxygen atoms in total. The highest BCUT2D eigenvalue weighted by Gasteiger charge is 2.32. The van der Waals surface area contributed by atoms with Gasteiger partial charge in [0.2, 0.25) is 5.91 Å². The standard InChI is InChI=1S/C36H37NO7S/c1-42-31-10-2-3-11-33(31)45-23-30-20-32(26-14-12-24(22-38)13-15-26)44-36(43-30)29-9-5-8-28(19-29)27-7-4-6-25(18-27)21-37-34(39)16-17-35(40)41/h2-15,18-19,30,32,36,38H,16-17,20-23H2,1H3,(H,37,39)(H,40,41). The molecule has 1 amide bonds. The number of carboxylic acids is 1. The summed E-state index contributed by atoms with van der Waals surface area (Å²) in [6, 6.07) is 31.8. The van der Waals surface area contributed by atoms with Gasteiger partial charge in [-0.2, -0.15) is 0 Å². The first-order valence-electron chi connectivity index (χ1n) is 14.9. The van der Waals surface area contributed by atoms with Gasteiger partial charge in [-0.15, -0.1) is 11.8 Å². The second-order valence-electron chi connectivity index (χ2n) is 10.8. The zero-order valence-corrected chi connectivity index (χ0v) is 25.9. The smallest absolute Gasteiger partial charge is 0.303 e. The van der Waals surface area contributed by atoms with Crippen LogP contribution >= 0.6 is 11.8 Å². The summed E-state index contributed by atoms with van der Waals surface area (Å²) < 4.78 is 18.7. The second kappa shape index (κ2) is 15.7. The molecule has 3 atom stereocenters. The van der Waals surface area contributed by atoms with Gasteiger partial charge in [0.25, 0.3) is 0 Å². The van der Waals surface area contributed by atoms with Crippen LogP contribution in [0.2, 0.25) is 0 Å². The lowest BCUT2D eigenvalue weighted by Crippen LogP contribution is -2.31. The van der Waals surface area contributed by atoms with E-state index < -0.39 is 12.3 Å². The van der Waals surface area contributed by atoms with Crippen molar-refractivity contribution in [2.75, 3.05) is 12.9 Å². The number of rotatable bonds is 13. The minimum atomic E-state index is -0.995. The number of thioether (sulfide) groups is 1. The minimum Gasteiger partial charge on any atom is -0.496 e. The first-order chi connectivity index (χ1) is 21.9. The van der Waals surface area contributed by atoms with Crippen LogP contribution < -0.4 is 10.1 Å². The lowest BCUT2D eigenvalue weighted by molar-refractivity contribution is -0.245. The Morgan fingerprint density at radius 2 is 1.62 bits per heavy atom. The number of carbonyl (C=O) groups excluding carboxylic acids is 1. The summed E-state index contributed by atoms with van der Waals surface area (Å²) in [5, 5.41) is 21.1. The molecule has 0 radical (unpaired) electrons. The monoisotopic (exact) mass is 627 g/mol. The fraction of sp³-hybridized carbons (Fsp3) is 0.278. The van der Waals surface area contributed by atoms with Gasteiger partial charge in [0.15, 0.2) is 6.29 Å². The third-order valence-corrected chi connectivity index (χ3v) is 8.77. The Hall–Kier alpha value is -4.15. The number of ether oxygens (including phenoxy) is 3. The number of aliphatic carboxylic acids is 1. The molecule has 1 fully saturated rings. The van der Waals surface area contributed by atoms with E-state index in [1.54, 1.807) is 18.9 Å². The largest absolute Gasteiger partial charge is 0.496 e. The Bertz CT molecular complexity index is 1590. The molecule has 234 valence electrons. The van der Waals surface area contributed by atoms with Crippen molar-refractivity contribution < 1.29 is 34.0 Å². The molecular weight excluding hydrogens is 590 g/mol. The average molecular weight is 628 g/mol. The highest BCUT2D eigenvalue weighted by Crippen LogP contribution is 2.41.